The van der Waals surface area contributed by atoms with Crippen molar-refractivity contribution in [2.24, 2.45) is 27.2 Å². The Labute approximate surface area is 301 Å². The Morgan fingerprint density at radius 2 is 1.12 bits per heavy atom. The van der Waals surface area contributed by atoms with Crippen molar-refractivity contribution in [3.05, 3.63) is 45.5 Å². The Bertz CT molecular complexity index is 1810. The first kappa shape index (κ1) is 34.1. The summed E-state index contributed by atoms with van der Waals surface area (Å²) >= 11 is 0. The molecule has 2 unspecified atom stereocenters. The summed E-state index contributed by atoms with van der Waals surface area (Å²) < 4.78 is 0. The van der Waals surface area contributed by atoms with Crippen molar-refractivity contribution in [1.82, 2.24) is 0 Å². The zero-order chi connectivity index (χ0) is 35.8. The minimum absolute atomic E-state index is 0.0384. The van der Waals surface area contributed by atoms with Gasteiger partial charge in [0, 0.05) is 72.2 Å². The van der Waals surface area contributed by atoms with Gasteiger partial charge in [-0.25, -0.2) is 0 Å². The average Bonchev–Trinajstić information content (AvgIpc) is 3.03. The maximum Gasteiger partial charge on any atom is 0.130 e. The van der Waals surface area contributed by atoms with E-state index in [9.17, 15) is 10.2 Å². The molecule has 3 saturated carbocycles. The lowest BCUT2D eigenvalue weighted by Gasteiger charge is -2.63. The largest absolute Gasteiger partial charge is 0.507 e. The zero-order valence-electron chi connectivity index (χ0n) is 32.6. The van der Waals surface area contributed by atoms with E-state index in [1.54, 1.807) is 0 Å². The molecule has 2 bridgehead atoms. The molecular weight excluding hydrogens is 617 g/mol. The van der Waals surface area contributed by atoms with E-state index in [1.807, 2.05) is 12.4 Å². The van der Waals surface area contributed by atoms with Crippen LogP contribution >= 0.6 is 0 Å². The molecule has 270 valence electrons. The second-order valence-corrected chi connectivity index (χ2v) is 20.4. The van der Waals surface area contributed by atoms with Crippen molar-refractivity contribution < 1.29 is 10.2 Å². The second kappa shape index (κ2) is 10.8. The fraction of sp³-hybridized carbons (Fsp3) is 0.682. The molecule has 2 N–H and O–H groups in total. The third kappa shape index (κ3) is 4.85. The lowest BCUT2D eigenvalue weighted by molar-refractivity contribution is -0.112. The summed E-state index contributed by atoms with van der Waals surface area (Å²) in [5, 5.41) is 23.9. The van der Waals surface area contributed by atoms with Crippen LogP contribution in [0.3, 0.4) is 0 Å². The molecule has 3 atom stereocenters. The Hall–Kier alpha value is -3.02. The first-order chi connectivity index (χ1) is 23.3. The van der Waals surface area contributed by atoms with Crippen LogP contribution in [0.2, 0.25) is 0 Å². The van der Waals surface area contributed by atoms with Crippen LogP contribution in [-0.4, -0.2) is 60.9 Å². The third-order valence-corrected chi connectivity index (χ3v) is 15.2. The van der Waals surface area contributed by atoms with Crippen LogP contribution < -0.4 is 9.80 Å². The van der Waals surface area contributed by atoms with Crippen molar-refractivity contribution in [3.63, 3.8) is 0 Å². The second-order valence-electron chi connectivity index (χ2n) is 20.4. The highest BCUT2D eigenvalue weighted by Crippen LogP contribution is 2.64. The van der Waals surface area contributed by atoms with Crippen LogP contribution in [0.15, 0.2) is 22.1 Å². The van der Waals surface area contributed by atoms with E-state index in [0.29, 0.717) is 24.0 Å². The number of rotatable bonds is 5. The predicted molar refractivity (Wildman–Crippen MR) is 209 cm³/mol. The van der Waals surface area contributed by atoms with E-state index in [2.05, 4.69) is 91.2 Å². The van der Waals surface area contributed by atoms with Gasteiger partial charge in [0.2, 0.25) is 0 Å². The number of aliphatic imine (C=N–C) groups is 2. The number of fused-ring (bicyclic) bond motifs is 2. The van der Waals surface area contributed by atoms with Gasteiger partial charge in [-0.2, -0.15) is 0 Å². The summed E-state index contributed by atoms with van der Waals surface area (Å²) in [5.41, 5.74) is 8.85. The predicted octanol–water partition coefficient (Wildman–Crippen LogP) is 9.17. The van der Waals surface area contributed by atoms with Crippen LogP contribution in [0.5, 0.6) is 11.5 Å². The minimum Gasteiger partial charge on any atom is -0.507 e. The smallest absolute Gasteiger partial charge is 0.130 e. The van der Waals surface area contributed by atoms with E-state index in [4.69, 9.17) is 9.98 Å². The molecule has 0 saturated heterocycles. The zero-order valence-corrected chi connectivity index (χ0v) is 32.6. The van der Waals surface area contributed by atoms with Gasteiger partial charge in [0.15, 0.2) is 0 Å². The fourth-order valence-electron chi connectivity index (χ4n) is 11.3. The summed E-state index contributed by atoms with van der Waals surface area (Å²) in [6.45, 7) is 28.2. The molecule has 6 nitrogen and oxygen atoms in total. The van der Waals surface area contributed by atoms with Crippen molar-refractivity contribution in [2.75, 3.05) is 42.5 Å². The normalized spacial score (nSPS) is 30.6. The molecule has 0 aromatic heterocycles. The van der Waals surface area contributed by atoms with E-state index in [-0.39, 0.29) is 32.6 Å². The Kier molecular flexibility index (Phi) is 7.34. The number of nitrogens with zero attached hydrogens (tertiary/aromatic N) is 4. The molecule has 2 aromatic carbocycles. The van der Waals surface area contributed by atoms with Crippen molar-refractivity contribution >= 4 is 23.8 Å². The number of benzene rings is 2. The van der Waals surface area contributed by atoms with Crippen LogP contribution in [0.25, 0.3) is 0 Å². The molecule has 3 aliphatic carbocycles. The van der Waals surface area contributed by atoms with Gasteiger partial charge < -0.3 is 20.0 Å². The number of hydrogen-bond acceptors (Lipinski definition) is 6. The quantitative estimate of drug-likeness (QED) is 0.310. The summed E-state index contributed by atoms with van der Waals surface area (Å²) in [5.74, 6) is 1.97. The first-order valence-electron chi connectivity index (χ1n) is 19.7. The van der Waals surface area contributed by atoms with Crippen LogP contribution in [0, 0.1) is 17.3 Å². The monoisotopic (exact) mass is 678 g/mol. The van der Waals surface area contributed by atoms with Crippen molar-refractivity contribution in [2.45, 2.75) is 141 Å². The standard InChI is InChI=1S/C44H62N4O2/c1-39(2)13-17-47-19-15-41(5,6)33-35(47)30(39)21-27(37(33)49)24-45-26-44(12-11-29-23-32(44)43(29,9)10)46-25-28-22-31-36-34(38(28)50)42(7,8)16-20-48(36)18-14-40(31,3)4/h21-22,24-25,29,32,49-50H,11-20,23,26H2,1-10H3/t29-,32?,44?/m1/s1. The highest BCUT2D eigenvalue weighted by molar-refractivity contribution is 5.90. The SMILES string of the molecule is CC1(C)CCN2CCC(C)(C)c3c(O)c(C=NCC4(N=Cc5cc6c7c(c5O)C(C)(C)CCN7CCC6(C)C)CC[C@@H]5CC4C5(C)C)cc1c32. The molecule has 9 rings (SSSR count). The average molecular weight is 679 g/mol. The van der Waals surface area contributed by atoms with Gasteiger partial charge in [-0.05, 0) is 107 Å². The molecule has 0 spiro atoms. The van der Waals surface area contributed by atoms with Gasteiger partial charge in [0.05, 0.1) is 12.1 Å². The first-order valence-corrected chi connectivity index (χ1v) is 19.7. The molecule has 0 amide bonds. The topological polar surface area (TPSA) is 71.7 Å². The minimum atomic E-state index is -0.348. The number of phenols is 2. The summed E-state index contributed by atoms with van der Waals surface area (Å²) in [6.07, 6.45) is 11.6. The molecular formula is C44H62N4O2. The Morgan fingerprint density at radius 3 is 1.58 bits per heavy atom. The fourth-order valence-corrected chi connectivity index (χ4v) is 11.3. The third-order valence-electron chi connectivity index (χ3n) is 15.2. The molecule has 0 radical (unpaired) electrons. The summed E-state index contributed by atoms with van der Waals surface area (Å²) in [4.78, 5) is 15.8. The number of phenolic OH excluding ortho intramolecular Hbond substituents is 2. The molecule has 7 aliphatic rings. The van der Waals surface area contributed by atoms with Gasteiger partial charge in [-0.1, -0.05) is 69.2 Å². The molecule has 2 aromatic rings. The number of hydrogen-bond donors (Lipinski definition) is 2. The van der Waals surface area contributed by atoms with Gasteiger partial charge in [0.1, 0.15) is 11.5 Å². The lowest BCUT2D eigenvalue weighted by Crippen LogP contribution is -2.61. The lowest BCUT2D eigenvalue weighted by atomic mass is 9.43. The van der Waals surface area contributed by atoms with Gasteiger partial charge in [-0.15, -0.1) is 0 Å². The Morgan fingerprint density at radius 1 is 0.660 bits per heavy atom. The highest BCUT2D eigenvalue weighted by Gasteiger charge is 2.61. The maximum absolute atomic E-state index is 12.0. The number of aromatic hydroxyl groups is 2. The van der Waals surface area contributed by atoms with E-state index >= 15 is 0 Å². The van der Waals surface area contributed by atoms with Gasteiger partial charge in [-0.3, -0.25) is 9.98 Å². The molecule has 50 heavy (non-hydrogen) atoms. The highest BCUT2D eigenvalue weighted by atomic mass is 16.3. The number of anilines is 2. The van der Waals surface area contributed by atoms with E-state index in [1.165, 1.54) is 28.9 Å². The van der Waals surface area contributed by atoms with Crippen LogP contribution in [0.1, 0.15) is 148 Å². The van der Waals surface area contributed by atoms with Gasteiger partial charge in [0.25, 0.3) is 0 Å². The maximum atomic E-state index is 12.0. The molecule has 4 heterocycles. The van der Waals surface area contributed by atoms with Crippen LogP contribution in [0.4, 0.5) is 11.4 Å². The van der Waals surface area contributed by atoms with Crippen molar-refractivity contribution in [1.29, 1.82) is 0 Å². The molecule has 3 fully saturated rings. The van der Waals surface area contributed by atoms with Crippen molar-refractivity contribution in [3.8, 4) is 11.5 Å². The molecule has 6 heteroatoms. The van der Waals surface area contributed by atoms with E-state index in [0.717, 1.165) is 92.9 Å². The Balaban J connectivity index is 1.20. The summed E-state index contributed by atoms with van der Waals surface area (Å²) in [6, 6.07) is 4.48. The van der Waals surface area contributed by atoms with Crippen LogP contribution in [-0.2, 0) is 21.7 Å². The van der Waals surface area contributed by atoms with E-state index < -0.39 is 0 Å². The molecule has 4 aliphatic heterocycles. The van der Waals surface area contributed by atoms with Gasteiger partial charge >= 0.3 is 0 Å². The summed E-state index contributed by atoms with van der Waals surface area (Å²) in [7, 11) is 0.